The summed E-state index contributed by atoms with van der Waals surface area (Å²) in [5.74, 6) is 0.698. The first-order chi connectivity index (χ1) is 6.97. The molecule has 0 radical (unpaired) electrons. The number of ether oxygens (including phenoxy) is 1. The van der Waals surface area contributed by atoms with Crippen LogP contribution < -0.4 is 0 Å². The third-order valence-corrected chi connectivity index (χ3v) is 3.23. The average molecular weight is 193 g/mol. The molecule has 2 aliphatic rings. The van der Waals surface area contributed by atoms with Gasteiger partial charge in [0.15, 0.2) is 0 Å². The highest BCUT2D eigenvalue weighted by atomic mass is 16.5. The van der Waals surface area contributed by atoms with E-state index < -0.39 is 0 Å². The van der Waals surface area contributed by atoms with Gasteiger partial charge in [0.25, 0.3) is 0 Å². The van der Waals surface area contributed by atoms with Gasteiger partial charge in [-0.15, -0.1) is 0 Å². The van der Waals surface area contributed by atoms with Crippen LogP contribution in [0, 0.1) is 5.92 Å². The van der Waals surface area contributed by atoms with Gasteiger partial charge in [0.05, 0.1) is 6.20 Å². The summed E-state index contributed by atoms with van der Waals surface area (Å²) in [6, 6.07) is 0. The highest BCUT2D eigenvalue weighted by Gasteiger charge is 2.21. The quantitative estimate of drug-likeness (QED) is 0.626. The second-order valence-electron chi connectivity index (χ2n) is 4.29. The highest BCUT2D eigenvalue weighted by Crippen LogP contribution is 2.26. The first kappa shape index (κ1) is 9.75. The predicted molar refractivity (Wildman–Crippen MR) is 58.3 cm³/mol. The van der Waals surface area contributed by atoms with Crippen LogP contribution in [0.1, 0.15) is 44.9 Å². The SMILES string of the molecule is C1=COC(C2CCCCCCC2)C=N1. The summed E-state index contributed by atoms with van der Waals surface area (Å²) in [6.07, 6.45) is 15.2. The van der Waals surface area contributed by atoms with Crippen LogP contribution in [0.15, 0.2) is 17.5 Å². The van der Waals surface area contributed by atoms with Gasteiger partial charge < -0.3 is 4.74 Å². The standard InChI is InChI=1S/C12H19NO/c1-2-4-6-11(7-5-3-1)12-10-13-8-9-14-12/h8-12H,1-7H2. The minimum Gasteiger partial charge on any atom is -0.490 e. The summed E-state index contributed by atoms with van der Waals surface area (Å²) >= 11 is 0. The second-order valence-corrected chi connectivity index (χ2v) is 4.29. The molecule has 1 saturated carbocycles. The Hall–Kier alpha value is -0.790. The van der Waals surface area contributed by atoms with Gasteiger partial charge in [-0.1, -0.05) is 32.1 Å². The molecule has 0 amide bonds. The number of aliphatic imine (C=N–C) groups is 1. The number of rotatable bonds is 1. The summed E-state index contributed by atoms with van der Waals surface area (Å²) in [4.78, 5) is 4.16. The fourth-order valence-electron chi connectivity index (χ4n) is 2.38. The maximum Gasteiger partial charge on any atom is 0.136 e. The molecule has 0 N–H and O–H groups in total. The van der Waals surface area contributed by atoms with Crippen molar-refractivity contribution in [1.82, 2.24) is 0 Å². The van der Waals surface area contributed by atoms with Crippen LogP contribution in [0.5, 0.6) is 0 Å². The molecule has 0 saturated heterocycles. The Morgan fingerprint density at radius 3 is 2.36 bits per heavy atom. The van der Waals surface area contributed by atoms with E-state index in [1.807, 2.05) is 6.21 Å². The molecule has 0 aromatic rings. The second kappa shape index (κ2) is 5.18. The van der Waals surface area contributed by atoms with E-state index in [0.29, 0.717) is 5.92 Å². The van der Waals surface area contributed by atoms with E-state index in [4.69, 9.17) is 4.74 Å². The van der Waals surface area contributed by atoms with Gasteiger partial charge in [0.2, 0.25) is 0 Å². The molecule has 78 valence electrons. The molecule has 1 heterocycles. The molecule has 0 spiro atoms. The van der Waals surface area contributed by atoms with Crippen LogP contribution in [0.2, 0.25) is 0 Å². The number of hydrogen-bond donors (Lipinski definition) is 0. The average Bonchev–Trinajstić information content (AvgIpc) is 2.18. The van der Waals surface area contributed by atoms with Crippen molar-refractivity contribution >= 4 is 6.21 Å². The Labute approximate surface area is 86.1 Å². The molecule has 0 bridgehead atoms. The number of nitrogens with zero attached hydrogens (tertiary/aromatic N) is 1. The topological polar surface area (TPSA) is 21.6 Å². The Balaban J connectivity index is 1.87. The van der Waals surface area contributed by atoms with Gasteiger partial charge in [-0.3, -0.25) is 4.99 Å². The van der Waals surface area contributed by atoms with Crippen LogP contribution >= 0.6 is 0 Å². The molecule has 14 heavy (non-hydrogen) atoms. The third-order valence-electron chi connectivity index (χ3n) is 3.23. The zero-order valence-electron chi connectivity index (χ0n) is 8.69. The summed E-state index contributed by atoms with van der Waals surface area (Å²) in [6.45, 7) is 0. The zero-order chi connectivity index (χ0) is 9.64. The van der Waals surface area contributed by atoms with Crippen LogP contribution in [0.4, 0.5) is 0 Å². The lowest BCUT2D eigenvalue weighted by molar-refractivity contribution is 0.126. The van der Waals surface area contributed by atoms with E-state index in [1.54, 1.807) is 12.5 Å². The van der Waals surface area contributed by atoms with Crippen LogP contribution in [-0.4, -0.2) is 12.3 Å². The molecule has 2 heteroatoms. The van der Waals surface area contributed by atoms with Crippen molar-refractivity contribution in [3.05, 3.63) is 12.5 Å². The maximum atomic E-state index is 5.58. The fourth-order valence-corrected chi connectivity index (χ4v) is 2.38. The smallest absolute Gasteiger partial charge is 0.136 e. The van der Waals surface area contributed by atoms with E-state index in [0.717, 1.165) is 0 Å². The minimum absolute atomic E-state index is 0.248. The van der Waals surface area contributed by atoms with Crippen molar-refractivity contribution in [2.75, 3.05) is 0 Å². The molecule has 1 fully saturated rings. The van der Waals surface area contributed by atoms with E-state index in [-0.39, 0.29) is 6.10 Å². The Morgan fingerprint density at radius 2 is 1.71 bits per heavy atom. The van der Waals surface area contributed by atoms with Crippen molar-refractivity contribution in [1.29, 1.82) is 0 Å². The molecule has 2 nitrogen and oxygen atoms in total. The lowest BCUT2D eigenvalue weighted by Gasteiger charge is -2.26. The van der Waals surface area contributed by atoms with Crippen molar-refractivity contribution < 1.29 is 4.74 Å². The zero-order valence-corrected chi connectivity index (χ0v) is 8.69. The minimum atomic E-state index is 0.248. The maximum absolute atomic E-state index is 5.58. The van der Waals surface area contributed by atoms with Gasteiger partial charge in [-0.25, -0.2) is 0 Å². The molecule has 1 unspecified atom stereocenters. The predicted octanol–water partition coefficient (Wildman–Crippen LogP) is 3.29. The molecular weight excluding hydrogens is 174 g/mol. The summed E-state index contributed by atoms with van der Waals surface area (Å²) < 4.78 is 5.58. The summed E-state index contributed by atoms with van der Waals surface area (Å²) in [5, 5.41) is 0. The molecule has 1 aliphatic heterocycles. The fraction of sp³-hybridized carbons (Fsp3) is 0.750. The van der Waals surface area contributed by atoms with Crippen molar-refractivity contribution in [2.45, 2.75) is 51.0 Å². The monoisotopic (exact) mass is 193 g/mol. The molecule has 2 rings (SSSR count). The van der Waals surface area contributed by atoms with Crippen molar-refractivity contribution in [2.24, 2.45) is 10.9 Å². The first-order valence-electron chi connectivity index (χ1n) is 5.80. The van der Waals surface area contributed by atoms with Gasteiger partial charge in [0, 0.05) is 12.1 Å². The Morgan fingerprint density at radius 1 is 1.00 bits per heavy atom. The lowest BCUT2D eigenvalue weighted by Crippen LogP contribution is -2.25. The van der Waals surface area contributed by atoms with Crippen molar-refractivity contribution in [3.63, 3.8) is 0 Å². The summed E-state index contributed by atoms with van der Waals surface area (Å²) in [5.41, 5.74) is 0. The lowest BCUT2D eigenvalue weighted by atomic mass is 9.87. The molecule has 0 aromatic heterocycles. The van der Waals surface area contributed by atoms with Crippen LogP contribution in [0.3, 0.4) is 0 Å². The van der Waals surface area contributed by atoms with Crippen LogP contribution in [0.25, 0.3) is 0 Å². The normalized spacial score (nSPS) is 29.3. The number of hydrogen-bond acceptors (Lipinski definition) is 2. The van der Waals surface area contributed by atoms with E-state index in [9.17, 15) is 0 Å². The first-order valence-corrected chi connectivity index (χ1v) is 5.80. The molecule has 0 aromatic carbocycles. The molecule has 1 atom stereocenters. The van der Waals surface area contributed by atoms with Crippen molar-refractivity contribution in [3.8, 4) is 0 Å². The molecular formula is C12H19NO. The van der Waals surface area contributed by atoms with E-state index in [2.05, 4.69) is 4.99 Å². The third kappa shape index (κ3) is 2.60. The van der Waals surface area contributed by atoms with Gasteiger partial charge in [0.1, 0.15) is 12.4 Å². The van der Waals surface area contributed by atoms with Gasteiger partial charge in [-0.2, -0.15) is 0 Å². The Bertz CT molecular complexity index is 214. The van der Waals surface area contributed by atoms with E-state index >= 15 is 0 Å². The molecule has 1 aliphatic carbocycles. The largest absolute Gasteiger partial charge is 0.490 e. The van der Waals surface area contributed by atoms with Gasteiger partial charge >= 0.3 is 0 Å². The van der Waals surface area contributed by atoms with Gasteiger partial charge in [-0.05, 0) is 12.8 Å². The summed E-state index contributed by atoms with van der Waals surface area (Å²) in [7, 11) is 0. The Kier molecular flexibility index (Phi) is 3.61. The highest BCUT2D eigenvalue weighted by molar-refractivity contribution is 5.65. The van der Waals surface area contributed by atoms with E-state index in [1.165, 1.54) is 44.9 Å². The van der Waals surface area contributed by atoms with Crippen LogP contribution in [-0.2, 0) is 4.74 Å².